The minimum Gasteiger partial charge on any atom is -0.383 e. The Bertz CT molecular complexity index is 106. The molecule has 0 aromatic heterocycles. The van der Waals surface area contributed by atoms with Crippen LogP contribution in [0.25, 0.3) is 0 Å². The first-order valence-corrected chi connectivity index (χ1v) is 5.73. The van der Waals surface area contributed by atoms with Crippen LogP contribution in [-0.2, 0) is 4.74 Å². The van der Waals surface area contributed by atoms with Gasteiger partial charge in [-0.05, 0) is 19.5 Å². The standard InChI is InChI=1S/C11H26N2O/c1-5-11(10-12-6-2)13(7-3)8-9-14-4/h11-12H,5-10H2,1-4H3. The fourth-order valence-corrected chi connectivity index (χ4v) is 1.65. The maximum atomic E-state index is 5.11. The fraction of sp³-hybridized carbons (Fsp3) is 1.00. The molecule has 0 aliphatic rings. The number of rotatable bonds is 9. The Balaban J connectivity index is 3.87. The molecule has 1 unspecified atom stereocenters. The lowest BCUT2D eigenvalue weighted by Gasteiger charge is -2.29. The van der Waals surface area contributed by atoms with Crippen molar-refractivity contribution in [1.82, 2.24) is 10.2 Å². The van der Waals surface area contributed by atoms with Crippen LogP contribution in [-0.4, -0.2) is 50.8 Å². The number of nitrogens with one attached hydrogen (secondary N) is 1. The number of likely N-dealkylation sites (N-methyl/N-ethyl adjacent to an activating group) is 2. The summed E-state index contributed by atoms with van der Waals surface area (Å²) in [7, 11) is 1.76. The van der Waals surface area contributed by atoms with Gasteiger partial charge in [-0.15, -0.1) is 0 Å². The smallest absolute Gasteiger partial charge is 0.0589 e. The number of hydrogen-bond donors (Lipinski definition) is 1. The van der Waals surface area contributed by atoms with Gasteiger partial charge in [-0.2, -0.15) is 0 Å². The van der Waals surface area contributed by atoms with Gasteiger partial charge in [0.25, 0.3) is 0 Å². The Labute approximate surface area is 88.8 Å². The van der Waals surface area contributed by atoms with Crippen molar-refractivity contribution < 1.29 is 4.74 Å². The fourth-order valence-electron chi connectivity index (χ4n) is 1.65. The summed E-state index contributed by atoms with van der Waals surface area (Å²) in [5.74, 6) is 0. The van der Waals surface area contributed by atoms with Gasteiger partial charge in [-0.1, -0.05) is 20.8 Å². The highest BCUT2D eigenvalue weighted by Gasteiger charge is 2.13. The highest BCUT2D eigenvalue weighted by molar-refractivity contribution is 4.71. The lowest BCUT2D eigenvalue weighted by Crippen LogP contribution is -2.43. The van der Waals surface area contributed by atoms with Crippen LogP contribution < -0.4 is 5.32 Å². The predicted octanol–water partition coefficient (Wildman–Crippen LogP) is 1.34. The van der Waals surface area contributed by atoms with E-state index in [-0.39, 0.29) is 0 Å². The highest BCUT2D eigenvalue weighted by Crippen LogP contribution is 2.02. The van der Waals surface area contributed by atoms with Crippen molar-refractivity contribution in [3.05, 3.63) is 0 Å². The zero-order valence-corrected chi connectivity index (χ0v) is 10.2. The van der Waals surface area contributed by atoms with Crippen LogP contribution in [0.4, 0.5) is 0 Å². The Morgan fingerprint density at radius 3 is 2.43 bits per heavy atom. The Morgan fingerprint density at radius 1 is 1.29 bits per heavy atom. The predicted molar refractivity (Wildman–Crippen MR) is 61.7 cm³/mol. The second-order valence-corrected chi connectivity index (χ2v) is 3.49. The van der Waals surface area contributed by atoms with E-state index in [1.165, 1.54) is 6.42 Å². The summed E-state index contributed by atoms with van der Waals surface area (Å²) in [5, 5.41) is 3.41. The van der Waals surface area contributed by atoms with Gasteiger partial charge in [0.15, 0.2) is 0 Å². The molecule has 0 fully saturated rings. The molecule has 0 aliphatic heterocycles. The van der Waals surface area contributed by atoms with E-state index in [2.05, 4.69) is 31.0 Å². The molecule has 3 heteroatoms. The summed E-state index contributed by atoms with van der Waals surface area (Å²) >= 11 is 0. The van der Waals surface area contributed by atoms with Crippen molar-refractivity contribution in [3.8, 4) is 0 Å². The second kappa shape index (κ2) is 9.44. The zero-order chi connectivity index (χ0) is 10.8. The number of methoxy groups -OCH3 is 1. The van der Waals surface area contributed by atoms with Crippen molar-refractivity contribution in [2.75, 3.05) is 39.9 Å². The summed E-state index contributed by atoms with van der Waals surface area (Å²) in [6, 6.07) is 0.648. The van der Waals surface area contributed by atoms with E-state index >= 15 is 0 Å². The van der Waals surface area contributed by atoms with Crippen molar-refractivity contribution in [3.63, 3.8) is 0 Å². The molecule has 1 N–H and O–H groups in total. The molecule has 3 nitrogen and oxygen atoms in total. The van der Waals surface area contributed by atoms with Crippen LogP contribution in [0.2, 0.25) is 0 Å². The Morgan fingerprint density at radius 2 is 2.00 bits per heavy atom. The molecule has 0 bridgehead atoms. The lowest BCUT2D eigenvalue weighted by molar-refractivity contribution is 0.121. The molecule has 1 atom stereocenters. The van der Waals surface area contributed by atoms with Gasteiger partial charge in [0.05, 0.1) is 6.61 Å². The van der Waals surface area contributed by atoms with E-state index in [1.807, 2.05) is 0 Å². The van der Waals surface area contributed by atoms with Crippen LogP contribution in [0.1, 0.15) is 27.2 Å². The van der Waals surface area contributed by atoms with Crippen molar-refractivity contribution in [1.29, 1.82) is 0 Å². The molecule has 0 aromatic carbocycles. The van der Waals surface area contributed by atoms with Crippen LogP contribution in [0.5, 0.6) is 0 Å². The van der Waals surface area contributed by atoms with E-state index in [1.54, 1.807) is 7.11 Å². The Hall–Kier alpha value is -0.120. The van der Waals surface area contributed by atoms with Gasteiger partial charge in [-0.25, -0.2) is 0 Å². The summed E-state index contributed by atoms with van der Waals surface area (Å²) in [5.41, 5.74) is 0. The highest BCUT2D eigenvalue weighted by atomic mass is 16.5. The first-order valence-electron chi connectivity index (χ1n) is 5.73. The first kappa shape index (κ1) is 13.9. The monoisotopic (exact) mass is 202 g/mol. The summed E-state index contributed by atoms with van der Waals surface area (Å²) in [6.07, 6.45) is 1.20. The normalized spacial score (nSPS) is 13.5. The van der Waals surface area contributed by atoms with Crippen molar-refractivity contribution in [2.24, 2.45) is 0 Å². The molecule has 0 amide bonds. The molecular formula is C11H26N2O. The quantitative estimate of drug-likeness (QED) is 0.611. The second-order valence-electron chi connectivity index (χ2n) is 3.49. The third kappa shape index (κ3) is 5.58. The van der Waals surface area contributed by atoms with Gasteiger partial charge in [0.2, 0.25) is 0 Å². The van der Waals surface area contributed by atoms with Gasteiger partial charge in [0.1, 0.15) is 0 Å². The summed E-state index contributed by atoms with van der Waals surface area (Å²) in [6.45, 7) is 11.7. The maximum absolute atomic E-state index is 5.11. The van der Waals surface area contributed by atoms with Crippen molar-refractivity contribution in [2.45, 2.75) is 33.2 Å². The molecule has 0 saturated carbocycles. The zero-order valence-electron chi connectivity index (χ0n) is 10.2. The van der Waals surface area contributed by atoms with Crippen molar-refractivity contribution >= 4 is 0 Å². The van der Waals surface area contributed by atoms with Gasteiger partial charge >= 0.3 is 0 Å². The molecule has 86 valence electrons. The lowest BCUT2D eigenvalue weighted by atomic mass is 10.2. The van der Waals surface area contributed by atoms with E-state index in [9.17, 15) is 0 Å². The first-order chi connectivity index (χ1) is 6.79. The van der Waals surface area contributed by atoms with E-state index in [4.69, 9.17) is 4.74 Å². The van der Waals surface area contributed by atoms with Crippen LogP contribution >= 0.6 is 0 Å². The van der Waals surface area contributed by atoms with Gasteiger partial charge < -0.3 is 10.1 Å². The van der Waals surface area contributed by atoms with Crippen LogP contribution in [0, 0.1) is 0 Å². The van der Waals surface area contributed by atoms with Gasteiger partial charge in [-0.3, -0.25) is 4.90 Å². The summed E-state index contributed by atoms with van der Waals surface area (Å²) in [4.78, 5) is 2.48. The third-order valence-corrected chi connectivity index (χ3v) is 2.61. The molecule has 0 saturated heterocycles. The summed E-state index contributed by atoms with van der Waals surface area (Å²) < 4.78 is 5.11. The number of ether oxygens (including phenoxy) is 1. The van der Waals surface area contributed by atoms with E-state index < -0.39 is 0 Å². The number of hydrogen-bond acceptors (Lipinski definition) is 3. The average Bonchev–Trinajstić information content (AvgIpc) is 2.23. The Kier molecular flexibility index (Phi) is 9.35. The minimum absolute atomic E-state index is 0.648. The van der Waals surface area contributed by atoms with E-state index in [0.29, 0.717) is 6.04 Å². The van der Waals surface area contributed by atoms with E-state index in [0.717, 1.165) is 32.8 Å². The largest absolute Gasteiger partial charge is 0.383 e. The third-order valence-electron chi connectivity index (χ3n) is 2.61. The van der Waals surface area contributed by atoms with Crippen LogP contribution in [0.15, 0.2) is 0 Å². The molecule has 14 heavy (non-hydrogen) atoms. The molecule has 0 aromatic rings. The molecule has 0 rings (SSSR count). The molecule has 0 spiro atoms. The SMILES string of the molecule is CCNCC(CC)N(CC)CCOC. The number of nitrogens with zero attached hydrogens (tertiary/aromatic N) is 1. The van der Waals surface area contributed by atoms with Crippen LogP contribution in [0.3, 0.4) is 0 Å². The maximum Gasteiger partial charge on any atom is 0.0589 e. The molecular weight excluding hydrogens is 176 g/mol. The molecule has 0 radical (unpaired) electrons. The average molecular weight is 202 g/mol. The van der Waals surface area contributed by atoms with Gasteiger partial charge in [0, 0.05) is 26.2 Å². The molecule has 0 aliphatic carbocycles. The minimum atomic E-state index is 0.648. The molecule has 0 heterocycles. The topological polar surface area (TPSA) is 24.5 Å².